The van der Waals surface area contributed by atoms with Gasteiger partial charge in [-0.05, 0) is 19.3 Å². The number of hydrogen-bond acceptors (Lipinski definition) is 3. The van der Waals surface area contributed by atoms with E-state index in [-0.39, 0.29) is 12.5 Å². The highest BCUT2D eigenvalue weighted by atomic mass is 16.4. The lowest BCUT2D eigenvalue weighted by Crippen LogP contribution is -2.50. The Labute approximate surface area is 89.0 Å². The molecule has 1 rings (SSSR count). The van der Waals surface area contributed by atoms with E-state index in [4.69, 9.17) is 10.8 Å². The number of carboxylic acids is 1. The van der Waals surface area contributed by atoms with Gasteiger partial charge in [0.05, 0.1) is 11.5 Å². The second kappa shape index (κ2) is 4.61. The van der Waals surface area contributed by atoms with Gasteiger partial charge in [-0.25, -0.2) is 0 Å². The number of nitrogens with one attached hydrogen (secondary N) is 1. The summed E-state index contributed by atoms with van der Waals surface area (Å²) in [5.74, 6) is -1.08. The van der Waals surface area contributed by atoms with Gasteiger partial charge in [0.15, 0.2) is 0 Å². The summed E-state index contributed by atoms with van der Waals surface area (Å²) in [6.07, 6.45) is 2.77. The fourth-order valence-electron chi connectivity index (χ4n) is 1.64. The summed E-state index contributed by atoms with van der Waals surface area (Å²) in [6, 6.07) is -0.532. The molecule has 1 aliphatic rings. The molecular formula is C10H18N2O3. The smallest absolute Gasteiger partial charge is 0.311 e. The first-order valence-corrected chi connectivity index (χ1v) is 5.28. The molecule has 1 amide bonds. The molecule has 0 heterocycles. The molecule has 4 N–H and O–H groups in total. The summed E-state index contributed by atoms with van der Waals surface area (Å²) in [4.78, 5) is 22.3. The molecule has 0 aliphatic heterocycles. The van der Waals surface area contributed by atoms with Crippen molar-refractivity contribution in [3.63, 3.8) is 0 Å². The second-order valence-electron chi connectivity index (χ2n) is 4.17. The van der Waals surface area contributed by atoms with E-state index in [1.165, 1.54) is 0 Å². The second-order valence-corrected chi connectivity index (χ2v) is 4.17. The Kier molecular flexibility index (Phi) is 3.68. The van der Waals surface area contributed by atoms with Crippen molar-refractivity contribution in [2.24, 2.45) is 11.1 Å². The van der Waals surface area contributed by atoms with Crippen molar-refractivity contribution in [3.05, 3.63) is 0 Å². The number of amides is 1. The summed E-state index contributed by atoms with van der Waals surface area (Å²) < 4.78 is 0. The van der Waals surface area contributed by atoms with Gasteiger partial charge < -0.3 is 16.2 Å². The molecule has 1 atom stereocenters. The van der Waals surface area contributed by atoms with Crippen LogP contribution in [-0.4, -0.2) is 29.6 Å². The first-order valence-electron chi connectivity index (χ1n) is 5.28. The molecule has 1 fully saturated rings. The van der Waals surface area contributed by atoms with Crippen molar-refractivity contribution < 1.29 is 14.7 Å². The highest BCUT2D eigenvalue weighted by molar-refractivity contribution is 5.83. The number of nitrogens with two attached hydrogens (primary N) is 1. The third kappa shape index (κ3) is 2.47. The highest BCUT2D eigenvalue weighted by Gasteiger charge is 2.44. The van der Waals surface area contributed by atoms with Crippen molar-refractivity contribution in [3.8, 4) is 0 Å². The minimum absolute atomic E-state index is 0.203. The van der Waals surface area contributed by atoms with Crippen LogP contribution in [0.15, 0.2) is 0 Å². The molecule has 0 aromatic carbocycles. The summed E-state index contributed by atoms with van der Waals surface area (Å²) in [6.45, 7) is 2.02. The van der Waals surface area contributed by atoms with Crippen molar-refractivity contribution in [1.29, 1.82) is 0 Å². The van der Waals surface area contributed by atoms with Gasteiger partial charge in [0.25, 0.3) is 0 Å². The van der Waals surface area contributed by atoms with E-state index in [1.54, 1.807) is 0 Å². The quantitative estimate of drug-likeness (QED) is 0.605. The standard InChI is InChI=1S/C10H18N2O3/c1-2-7(11)8(13)12-6-10(9(14)15)4-3-5-10/h7H,2-6,11H2,1H3,(H,12,13)(H,14,15)/t7-/m0/s1. The molecule has 0 spiro atoms. The largest absolute Gasteiger partial charge is 0.481 e. The minimum Gasteiger partial charge on any atom is -0.481 e. The number of carbonyl (C=O) groups excluding carboxylic acids is 1. The van der Waals surface area contributed by atoms with E-state index >= 15 is 0 Å². The summed E-state index contributed by atoms with van der Waals surface area (Å²) in [5, 5.41) is 11.6. The topological polar surface area (TPSA) is 92.4 Å². The molecule has 15 heavy (non-hydrogen) atoms. The molecule has 0 aromatic rings. The molecule has 1 saturated carbocycles. The van der Waals surface area contributed by atoms with Gasteiger partial charge in [-0.15, -0.1) is 0 Å². The van der Waals surface area contributed by atoms with Crippen LogP contribution in [0.2, 0.25) is 0 Å². The SMILES string of the molecule is CC[C@H](N)C(=O)NCC1(C(=O)O)CCC1. The Morgan fingerprint density at radius 2 is 2.13 bits per heavy atom. The van der Waals surface area contributed by atoms with Crippen LogP contribution < -0.4 is 11.1 Å². The molecule has 1 aliphatic carbocycles. The maximum absolute atomic E-state index is 11.4. The number of rotatable bonds is 5. The fourth-order valence-corrected chi connectivity index (χ4v) is 1.64. The average Bonchev–Trinajstić information content (AvgIpc) is 2.14. The van der Waals surface area contributed by atoms with Crippen LogP contribution in [0.4, 0.5) is 0 Å². The van der Waals surface area contributed by atoms with E-state index in [1.807, 2.05) is 6.92 Å². The Hall–Kier alpha value is -1.10. The fraction of sp³-hybridized carbons (Fsp3) is 0.800. The van der Waals surface area contributed by atoms with Crippen LogP contribution in [0.3, 0.4) is 0 Å². The third-order valence-electron chi connectivity index (χ3n) is 3.14. The highest BCUT2D eigenvalue weighted by Crippen LogP contribution is 2.40. The number of carboxylic acid groups (broad SMARTS) is 1. The zero-order valence-corrected chi connectivity index (χ0v) is 8.95. The number of hydrogen-bond donors (Lipinski definition) is 3. The normalized spacial score (nSPS) is 20.1. The van der Waals surface area contributed by atoms with Gasteiger partial charge in [0.2, 0.25) is 5.91 Å². The van der Waals surface area contributed by atoms with Gasteiger partial charge in [-0.3, -0.25) is 9.59 Å². The lowest BCUT2D eigenvalue weighted by atomic mass is 9.69. The van der Waals surface area contributed by atoms with Crippen molar-refractivity contribution in [1.82, 2.24) is 5.32 Å². The first-order chi connectivity index (χ1) is 7.02. The van der Waals surface area contributed by atoms with E-state index in [0.717, 1.165) is 6.42 Å². The molecule has 5 heteroatoms. The Bertz CT molecular complexity index is 261. The summed E-state index contributed by atoms with van der Waals surface area (Å²) in [5.41, 5.74) is 4.79. The minimum atomic E-state index is -0.820. The van der Waals surface area contributed by atoms with Crippen LogP contribution >= 0.6 is 0 Å². The predicted molar refractivity (Wildman–Crippen MR) is 55.2 cm³/mol. The van der Waals surface area contributed by atoms with Gasteiger partial charge in [0.1, 0.15) is 0 Å². The summed E-state index contributed by atoms with van der Waals surface area (Å²) >= 11 is 0. The maximum Gasteiger partial charge on any atom is 0.311 e. The number of aliphatic carboxylic acids is 1. The molecule has 0 radical (unpaired) electrons. The molecule has 86 valence electrons. The predicted octanol–water partition coefficient (Wildman–Crippen LogP) is 0.0948. The summed E-state index contributed by atoms with van der Waals surface area (Å²) in [7, 11) is 0. The van der Waals surface area contributed by atoms with E-state index in [0.29, 0.717) is 19.3 Å². The van der Waals surface area contributed by atoms with E-state index < -0.39 is 17.4 Å². The van der Waals surface area contributed by atoms with Crippen molar-refractivity contribution in [2.45, 2.75) is 38.6 Å². The monoisotopic (exact) mass is 214 g/mol. The lowest BCUT2D eigenvalue weighted by Gasteiger charge is -2.37. The molecular weight excluding hydrogens is 196 g/mol. The zero-order valence-electron chi connectivity index (χ0n) is 8.95. The Balaban J connectivity index is 2.42. The van der Waals surface area contributed by atoms with E-state index in [2.05, 4.69) is 5.32 Å². The lowest BCUT2D eigenvalue weighted by molar-refractivity contribution is -0.154. The van der Waals surface area contributed by atoms with Gasteiger partial charge >= 0.3 is 5.97 Å². The van der Waals surface area contributed by atoms with Gasteiger partial charge in [-0.2, -0.15) is 0 Å². The molecule has 5 nitrogen and oxygen atoms in total. The first kappa shape index (κ1) is 12.0. The van der Waals surface area contributed by atoms with Crippen LogP contribution in [-0.2, 0) is 9.59 Å². The van der Waals surface area contributed by atoms with Gasteiger partial charge in [-0.1, -0.05) is 13.3 Å². The Morgan fingerprint density at radius 3 is 2.47 bits per heavy atom. The zero-order chi connectivity index (χ0) is 11.5. The van der Waals surface area contributed by atoms with Crippen LogP contribution in [0.25, 0.3) is 0 Å². The molecule has 0 aromatic heterocycles. The van der Waals surface area contributed by atoms with Crippen molar-refractivity contribution >= 4 is 11.9 Å². The van der Waals surface area contributed by atoms with Crippen LogP contribution in [0, 0.1) is 5.41 Å². The molecule has 0 bridgehead atoms. The molecule has 0 unspecified atom stereocenters. The average molecular weight is 214 g/mol. The van der Waals surface area contributed by atoms with Crippen molar-refractivity contribution in [2.75, 3.05) is 6.54 Å². The number of carbonyl (C=O) groups is 2. The maximum atomic E-state index is 11.4. The van der Waals surface area contributed by atoms with Crippen LogP contribution in [0.1, 0.15) is 32.6 Å². The molecule has 0 saturated heterocycles. The third-order valence-corrected chi connectivity index (χ3v) is 3.14. The van der Waals surface area contributed by atoms with Gasteiger partial charge in [0, 0.05) is 6.54 Å². The van der Waals surface area contributed by atoms with Crippen LogP contribution in [0.5, 0.6) is 0 Å². The van der Waals surface area contributed by atoms with E-state index in [9.17, 15) is 9.59 Å². The Morgan fingerprint density at radius 1 is 1.53 bits per heavy atom.